The van der Waals surface area contributed by atoms with Crippen LogP contribution in [0.15, 0.2) is 0 Å². The largest absolute Gasteiger partial charge is 0.380 e. The lowest BCUT2D eigenvalue weighted by Gasteiger charge is -2.25. The summed E-state index contributed by atoms with van der Waals surface area (Å²) >= 11 is 3.44. The second-order valence-electron chi connectivity index (χ2n) is 2.99. The van der Waals surface area contributed by atoms with Gasteiger partial charge in [-0.15, -0.1) is 0 Å². The average Bonchev–Trinajstić information content (AvgIpc) is 2.02. The number of alkyl halides is 1. The first kappa shape index (κ1) is 11.4. The molecule has 2 unspecified atom stereocenters. The van der Waals surface area contributed by atoms with Gasteiger partial charge in [-0.2, -0.15) is 0 Å². The van der Waals surface area contributed by atoms with Gasteiger partial charge < -0.3 is 9.64 Å². The van der Waals surface area contributed by atoms with Crippen LogP contribution in [0.4, 0.5) is 0 Å². The second-order valence-corrected chi connectivity index (χ2v) is 3.64. The number of ether oxygens (including phenoxy) is 1. The Bertz CT molecular complexity index is 100. The average molecular weight is 224 g/mol. The van der Waals surface area contributed by atoms with Crippen molar-refractivity contribution in [2.45, 2.75) is 26.0 Å². The molecule has 0 aliphatic rings. The Kier molecular flexibility index (Phi) is 6.19. The summed E-state index contributed by atoms with van der Waals surface area (Å²) in [6, 6.07) is 0.576. The van der Waals surface area contributed by atoms with Gasteiger partial charge in [0.25, 0.3) is 0 Å². The molecule has 3 heteroatoms. The first-order valence-corrected chi connectivity index (χ1v) is 5.03. The van der Waals surface area contributed by atoms with Crippen LogP contribution in [0, 0.1) is 0 Å². The third-order valence-corrected chi connectivity index (χ3v) is 2.86. The Balaban J connectivity index is 3.58. The van der Waals surface area contributed by atoms with Crippen molar-refractivity contribution in [3.8, 4) is 0 Å². The topological polar surface area (TPSA) is 12.5 Å². The molecule has 11 heavy (non-hydrogen) atoms. The van der Waals surface area contributed by atoms with Gasteiger partial charge in [-0.1, -0.05) is 15.9 Å². The highest BCUT2D eigenvalue weighted by Gasteiger charge is 2.10. The lowest BCUT2D eigenvalue weighted by molar-refractivity contribution is 0.0774. The van der Waals surface area contributed by atoms with Crippen LogP contribution in [0.1, 0.15) is 13.8 Å². The molecule has 0 spiro atoms. The van der Waals surface area contributed by atoms with E-state index in [0.29, 0.717) is 12.1 Å². The van der Waals surface area contributed by atoms with Crippen molar-refractivity contribution in [1.29, 1.82) is 0 Å². The number of methoxy groups -OCH3 is 1. The predicted octanol–water partition coefficient (Wildman–Crippen LogP) is 1.74. The van der Waals surface area contributed by atoms with Crippen molar-refractivity contribution in [1.82, 2.24) is 4.90 Å². The SMILES string of the molecule is COC(C)CN(C)C(C)CBr. The van der Waals surface area contributed by atoms with Gasteiger partial charge in [0.2, 0.25) is 0 Å². The summed E-state index contributed by atoms with van der Waals surface area (Å²) in [5.74, 6) is 0. The van der Waals surface area contributed by atoms with E-state index in [-0.39, 0.29) is 0 Å². The molecule has 0 rings (SSSR count). The van der Waals surface area contributed by atoms with E-state index < -0.39 is 0 Å². The highest BCUT2D eigenvalue weighted by molar-refractivity contribution is 9.09. The zero-order valence-electron chi connectivity index (χ0n) is 7.80. The summed E-state index contributed by atoms with van der Waals surface area (Å²) in [7, 11) is 3.86. The van der Waals surface area contributed by atoms with Crippen LogP contribution in [0.5, 0.6) is 0 Å². The predicted molar refractivity (Wildman–Crippen MR) is 52.4 cm³/mol. The van der Waals surface area contributed by atoms with E-state index in [9.17, 15) is 0 Å². The van der Waals surface area contributed by atoms with Crippen LogP contribution in [-0.4, -0.2) is 43.1 Å². The standard InChI is InChI=1S/C8H18BrNO/c1-7(5-9)10(3)6-8(2)11-4/h7-8H,5-6H2,1-4H3. The maximum absolute atomic E-state index is 5.16. The zero-order chi connectivity index (χ0) is 8.85. The van der Waals surface area contributed by atoms with Gasteiger partial charge in [0.1, 0.15) is 0 Å². The van der Waals surface area contributed by atoms with Crippen molar-refractivity contribution in [2.75, 3.05) is 26.0 Å². The molecule has 0 aromatic rings. The molecule has 2 atom stereocenters. The lowest BCUT2D eigenvalue weighted by Crippen LogP contribution is -2.36. The van der Waals surface area contributed by atoms with Gasteiger partial charge in [-0.25, -0.2) is 0 Å². The second kappa shape index (κ2) is 5.98. The maximum atomic E-state index is 5.16. The minimum Gasteiger partial charge on any atom is -0.380 e. The Hall–Kier alpha value is 0.400. The fraction of sp³-hybridized carbons (Fsp3) is 1.00. The van der Waals surface area contributed by atoms with Crippen LogP contribution < -0.4 is 0 Å². The van der Waals surface area contributed by atoms with Crippen molar-refractivity contribution in [3.63, 3.8) is 0 Å². The van der Waals surface area contributed by atoms with Crippen LogP contribution in [0.25, 0.3) is 0 Å². The summed E-state index contributed by atoms with van der Waals surface area (Å²) in [5.41, 5.74) is 0. The fourth-order valence-corrected chi connectivity index (χ4v) is 1.27. The van der Waals surface area contributed by atoms with Gasteiger partial charge >= 0.3 is 0 Å². The molecule has 0 saturated heterocycles. The summed E-state index contributed by atoms with van der Waals surface area (Å²) in [4.78, 5) is 2.28. The molecule has 0 amide bonds. The molecule has 0 N–H and O–H groups in total. The molecule has 0 aliphatic heterocycles. The van der Waals surface area contributed by atoms with E-state index >= 15 is 0 Å². The number of hydrogen-bond donors (Lipinski definition) is 0. The minimum atomic E-state index is 0.321. The molecule has 0 bridgehead atoms. The van der Waals surface area contributed by atoms with Gasteiger partial charge in [0.05, 0.1) is 6.10 Å². The van der Waals surface area contributed by atoms with Gasteiger partial charge in [0.15, 0.2) is 0 Å². The van der Waals surface area contributed by atoms with E-state index in [2.05, 4.69) is 41.7 Å². The maximum Gasteiger partial charge on any atom is 0.0670 e. The van der Waals surface area contributed by atoms with Gasteiger partial charge in [0, 0.05) is 25.0 Å². The highest BCUT2D eigenvalue weighted by Crippen LogP contribution is 2.01. The first-order chi connectivity index (χ1) is 5.11. The molecule has 0 saturated carbocycles. The monoisotopic (exact) mass is 223 g/mol. The molecule has 0 aliphatic carbocycles. The third kappa shape index (κ3) is 4.77. The fourth-order valence-electron chi connectivity index (χ4n) is 0.778. The Morgan fingerprint density at radius 2 is 2.00 bits per heavy atom. The van der Waals surface area contributed by atoms with E-state index in [1.807, 2.05) is 0 Å². The van der Waals surface area contributed by atoms with E-state index in [1.165, 1.54) is 0 Å². The van der Waals surface area contributed by atoms with Crippen molar-refractivity contribution in [2.24, 2.45) is 0 Å². The van der Waals surface area contributed by atoms with Crippen molar-refractivity contribution < 1.29 is 4.74 Å². The molecule has 68 valence electrons. The summed E-state index contributed by atoms with van der Waals surface area (Å²) in [6.45, 7) is 5.26. The molecule has 0 heterocycles. The van der Waals surface area contributed by atoms with Gasteiger partial charge in [-0.3, -0.25) is 0 Å². The Morgan fingerprint density at radius 1 is 1.45 bits per heavy atom. The molecule has 0 radical (unpaired) electrons. The van der Waals surface area contributed by atoms with Crippen molar-refractivity contribution in [3.05, 3.63) is 0 Å². The number of hydrogen-bond acceptors (Lipinski definition) is 2. The molecule has 0 aromatic heterocycles. The quantitative estimate of drug-likeness (QED) is 0.659. The van der Waals surface area contributed by atoms with E-state index in [4.69, 9.17) is 4.74 Å². The number of nitrogens with zero attached hydrogens (tertiary/aromatic N) is 1. The molecule has 0 fully saturated rings. The van der Waals surface area contributed by atoms with E-state index in [0.717, 1.165) is 11.9 Å². The van der Waals surface area contributed by atoms with Crippen LogP contribution in [0.3, 0.4) is 0 Å². The molecular weight excluding hydrogens is 206 g/mol. The third-order valence-electron chi connectivity index (χ3n) is 1.92. The zero-order valence-corrected chi connectivity index (χ0v) is 9.39. The Labute approximate surface area is 78.0 Å². The molecular formula is C8H18BrNO. The normalized spacial score (nSPS) is 16.9. The smallest absolute Gasteiger partial charge is 0.0670 e. The summed E-state index contributed by atoms with van der Waals surface area (Å²) in [5, 5.41) is 1.01. The number of likely N-dealkylation sites (N-methyl/N-ethyl adjacent to an activating group) is 1. The van der Waals surface area contributed by atoms with Gasteiger partial charge in [-0.05, 0) is 20.9 Å². The Morgan fingerprint density at radius 3 is 2.36 bits per heavy atom. The first-order valence-electron chi connectivity index (χ1n) is 3.90. The molecule has 2 nitrogen and oxygen atoms in total. The van der Waals surface area contributed by atoms with E-state index in [1.54, 1.807) is 7.11 Å². The molecule has 0 aromatic carbocycles. The summed E-state index contributed by atoms with van der Waals surface area (Å²) < 4.78 is 5.16. The van der Waals surface area contributed by atoms with Crippen LogP contribution in [0.2, 0.25) is 0 Å². The minimum absolute atomic E-state index is 0.321. The highest BCUT2D eigenvalue weighted by atomic mass is 79.9. The van der Waals surface area contributed by atoms with Crippen LogP contribution in [-0.2, 0) is 4.74 Å². The summed E-state index contributed by atoms with van der Waals surface area (Å²) in [6.07, 6.45) is 0.321. The number of halogens is 1. The van der Waals surface area contributed by atoms with Crippen LogP contribution >= 0.6 is 15.9 Å². The number of rotatable bonds is 5. The lowest BCUT2D eigenvalue weighted by atomic mass is 10.3. The van der Waals surface area contributed by atoms with Crippen molar-refractivity contribution >= 4 is 15.9 Å².